The Kier molecular flexibility index (Phi) is 42.3. The van der Waals surface area contributed by atoms with E-state index in [1.54, 1.807) is 0 Å². The van der Waals surface area contributed by atoms with Crippen LogP contribution in [0.15, 0.2) is 37.4 Å². The van der Waals surface area contributed by atoms with Crippen molar-refractivity contribution in [2.45, 2.75) is 34.6 Å². The number of nitrogens with one attached hydrogen (secondary N) is 1. The molecule has 0 bridgehead atoms. The second kappa shape index (κ2) is 29.3. The lowest BCUT2D eigenvalue weighted by Crippen LogP contribution is -1.89. The molecule has 1 rings (SSSR count). The maximum Gasteiger partial charge on any atom is 0.106 e. The highest BCUT2D eigenvalue weighted by molar-refractivity contribution is 5.49. The molecule has 0 fully saturated rings. The molecule has 17 heavy (non-hydrogen) atoms. The number of anilines is 1. The minimum absolute atomic E-state index is 1.21. The zero-order valence-electron chi connectivity index (χ0n) is 12.3. The predicted octanol–water partition coefficient (Wildman–Crippen LogP) is 4.71. The number of hydrogen-bond donors (Lipinski definition) is 1. The molecule has 0 aliphatic carbocycles. The van der Waals surface area contributed by atoms with Crippen LogP contribution in [0.2, 0.25) is 0 Å². The fraction of sp³-hybridized carbons (Fsp3) is 0.400. The van der Waals surface area contributed by atoms with E-state index in [9.17, 15) is 0 Å². The number of carbonyl (C=O) groups is 1. The van der Waals surface area contributed by atoms with Gasteiger partial charge >= 0.3 is 0 Å². The first kappa shape index (κ1) is 24.6. The van der Waals surface area contributed by atoms with Crippen molar-refractivity contribution in [1.29, 1.82) is 0 Å². The summed E-state index contributed by atoms with van der Waals surface area (Å²) in [6.07, 6.45) is 0. The smallest absolute Gasteiger partial charge is 0.106 e. The number of hydrogen-bond acceptors (Lipinski definition) is 2. The predicted molar refractivity (Wildman–Crippen MR) is 81.8 cm³/mol. The lowest BCUT2D eigenvalue weighted by molar-refractivity contribution is -0.0979. The normalized spacial score (nSPS) is 6.00. The summed E-state index contributed by atoms with van der Waals surface area (Å²) in [6.45, 7) is 18.1. The summed E-state index contributed by atoms with van der Waals surface area (Å²) in [6, 6.07) is 8.22. The second-order valence-corrected chi connectivity index (χ2v) is 2.06. The van der Waals surface area contributed by atoms with E-state index < -0.39 is 0 Å². The minimum atomic E-state index is 1.21. The highest BCUT2D eigenvalue weighted by Crippen LogP contribution is 2.10. The van der Waals surface area contributed by atoms with Crippen LogP contribution >= 0.6 is 0 Å². The van der Waals surface area contributed by atoms with Gasteiger partial charge in [0.2, 0.25) is 0 Å². The lowest BCUT2D eigenvalue weighted by Gasteiger charge is -2.01. The van der Waals surface area contributed by atoms with Crippen molar-refractivity contribution in [2.24, 2.45) is 0 Å². The summed E-state index contributed by atoms with van der Waals surface area (Å²) < 4.78 is 0. The highest BCUT2D eigenvalue weighted by atomic mass is 16.1. The van der Waals surface area contributed by atoms with E-state index in [1.165, 1.54) is 11.3 Å². The van der Waals surface area contributed by atoms with Crippen molar-refractivity contribution in [1.82, 2.24) is 0 Å². The van der Waals surface area contributed by atoms with Crippen LogP contribution in [0.5, 0.6) is 0 Å². The molecule has 0 amide bonds. The average molecular weight is 239 g/mol. The molecule has 2 nitrogen and oxygen atoms in total. The van der Waals surface area contributed by atoms with E-state index in [1.807, 2.05) is 53.7 Å². The molecule has 1 aromatic rings. The Bertz CT molecular complexity index is 222. The SMILES string of the molecule is C=C.C=O.CC.CC.CNc1ccccc1C. The Morgan fingerprint density at radius 3 is 1.53 bits per heavy atom. The molecule has 0 aromatic heterocycles. The topological polar surface area (TPSA) is 29.1 Å². The van der Waals surface area contributed by atoms with Gasteiger partial charge in [0.1, 0.15) is 6.79 Å². The molecular weight excluding hydrogens is 210 g/mol. The summed E-state index contributed by atoms with van der Waals surface area (Å²) in [5.74, 6) is 0. The molecule has 0 heterocycles. The van der Waals surface area contributed by atoms with Crippen LogP contribution in [0.25, 0.3) is 0 Å². The molecule has 1 N–H and O–H groups in total. The van der Waals surface area contributed by atoms with Crippen molar-refractivity contribution in [3.63, 3.8) is 0 Å². The Balaban J connectivity index is -0.0000000905. The van der Waals surface area contributed by atoms with Crippen molar-refractivity contribution in [3.05, 3.63) is 43.0 Å². The Hall–Kier alpha value is -1.57. The number of para-hydroxylation sites is 1. The number of rotatable bonds is 1. The standard InChI is InChI=1S/C8H11N.2C2H6.C2H4.CH2O/c1-7-5-3-4-6-8(7)9-2;4*1-2/h3-6,9H,1-2H3;2*1-2H3;1-2H2;1H2. The first-order valence-electron chi connectivity index (χ1n) is 5.87. The maximum absolute atomic E-state index is 8.00. The third-order valence-corrected chi connectivity index (χ3v) is 1.41. The molecule has 100 valence electrons. The van der Waals surface area contributed by atoms with Crippen LogP contribution in [0.4, 0.5) is 5.69 Å². The number of carbonyl (C=O) groups excluding carboxylic acids is 1. The molecule has 0 atom stereocenters. The fourth-order valence-corrected chi connectivity index (χ4v) is 0.853. The monoisotopic (exact) mass is 239 g/mol. The van der Waals surface area contributed by atoms with E-state index in [0.29, 0.717) is 0 Å². The Labute approximate surface area is 108 Å². The highest BCUT2D eigenvalue weighted by Gasteiger charge is 1.88. The molecule has 0 saturated carbocycles. The maximum atomic E-state index is 8.00. The van der Waals surface area contributed by atoms with Crippen LogP contribution in [0.3, 0.4) is 0 Å². The fourth-order valence-electron chi connectivity index (χ4n) is 0.853. The van der Waals surface area contributed by atoms with Crippen LogP contribution in [-0.4, -0.2) is 13.8 Å². The Morgan fingerprint density at radius 1 is 0.941 bits per heavy atom. The Morgan fingerprint density at radius 2 is 1.29 bits per heavy atom. The summed E-state index contributed by atoms with van der Waals surface area (Å²) >= 11 is 0. The van der Waals surface area contributed by atoms with Crippen LogP contribution in [-0.2, 0) is 4.79 Å². The summed E-state index contributed by atoms with van der Waals surface area (Å²) in [5, 5.41) is 3.10. The molecule has 0 aliphatic heterocycles. The number of aryl methyl sites for hydroxylation is 1. The van der Waals surface area contributed by atoms with Gasteiger partial charge in [0, 0.05) is 12.7 Å². The van der Waals surface area contributed by atoms with Gasteiger partial charge in [-0.2, -0.15) is 0 Å². The molecular formula is C15H29NO. The van der Waals surface area contributed by atoms with Crippen LogP contribution in [0.1, 0.15) is 33.3 Å². The second-order valence-electron chi connectivity index (χ2n) is 2.06. The van der Waals surface area contributed by atoms with Gasteiger partial charge in [-0.3, -0.25) is 0 Å². The van der Waals surface area contributed by atoms with E-state index in [2.05, 4.69) is 37.5 Å². The van der Waals surface area contributed by atoms with Crippen LogP contribution in [0, 0.1) is 6.92 Å². The van der Waals surface area contributed by atoms with Gasteiger partial charge in [0.05, 0.1) is 0 Å². The molecule has 0 radical (unpaired) electrons. The van der Waals surface area contributed by atoms with Crippen molar-refractivity contribution < 1.29 is 4.79 Å². The summed E-state index contributed by atoms with van der Waals surface area (Å²) in [4.78, 5) is 8.00. The van der Waals surface area contributed by atoms with Gasteiger partial charge < -0.3 is 10.1 Å². The van der Waals surface area contributed by atoms with Gasteiger partial charge in [0.25, 0.3) is 0 Å². The van der Waals surface area contributed by atoms with Crippen LogP contribution < -0.4 is 5.32 Å². The quantitative estimate of drug-likeness (QED) is 0.719. The largest absolute Gasteiger partial charge is 0.388 e. The minimum Gasteiger partial charge on any atom is -0.388 e. The van der Waals surface area contributed by atoms with Gasteiger partial charge in [-0.15, -0.1) is 13.2 Å². The van der Waals surface area contributed by atoms with Crippen molar-refractivity contribution in [3.8, 4) is 0 Å². The molecule has 0 spiro atoms. The third kappa shape index (κ3) is 17.1. The van der Waals surface area contributed by atoms with Gasteiger partial charge in [-0.25, -0.2) is 0 Å². The number of benzene rings is 1. The first-order chi connectivity index (χ1) is 8.34. The first-order valence-corrected chi connectivity index (χ1v) is 5.87. The molecule has 0 unspecified atom stereocenters. The molecule has 0 saturated heterocycles. The average Bonchev–Trinajstić information content (AvgIpc) is 2.48. The van der Waals surface area contributed by atoms with Gasteiger partial charge in [-0.1, -0.05) is 45.9 Å². The van der Waals surface area contributed by atoms with E-state index in [0.717, 1.165) is 0 Å². The van der Waals surface area contributed by atoms with Gasteiger partial charge in [0.15, 0.2) is 0 Å². The van der Waals surface area contributed by atoms with Gasteiger partial charge in [-0.05, 0) is 18.6 Å². The zero-order chi connectivity index (χ0) is 14.7. The summed E-state index contributed by atoms with van der Waals surface area (Å²) in [7, 11) is 1.93. The van der Waals surface area contributed by atoms with Crippen molar-refractivity contribution in [2.75, 3.05) is 12.4 Å². The van der Waals surface area contributed by atoms with Crippen molar-refractivity contribution >= 4 is 12.5 Å². The molecule has 2 heteroatoms. The zero-order valence-corrected chi connectivity index (χ0v) is 12.3. The van der Waals surface area contributed by atoms with E-state index in [4.69, 9.17) is 4.79 Å². The lowest BCUT2D eigenvalue weighted by atomic mass is 10.2. The van der Waals surface area contributed by atoms with E-state index >= 15 is 0 Å². The van der Waals surface area contributed by atoms with E-state index in [-0.39, 0.29) is 0 Å². The summed E-state index contributed by atoms with van der Waals surface area (Å²) in [5.41, 5.74) is 2.50. The third-order valence-electron chi connectivity index (χ3n) is 1.41. The molecule has 0 aliphatic rings. The molecule has 1 aromatic carbocycles.